The Kier molecular flexibility index (Phi) is 3.55. The lowest BCUT2D eigenvalue weighted by atomic mass is 10.1. The lowest BCUT2D eigenvalue weighted by Gasteiger charge is -2.23. The third kappa shape index (κ3) is 2.59. The second-order valence-electron chi connectivity index (χ2n) is 4.05. The molecule has 2 rings (SSSR count). The van der Waals surface area contributed by atoms with Crippen LogP contribution in [0.4, 0.5) is 14.5 Å². The van der Waals surface area contributed by atoms with E-state index in [1.807, 2.05) is 6.08 Å². The number of benzene rings is 1. The average molecular weight is 268 g/mol. The van der Waals surface area contributed by atoms with Gasteiger partial charge in [0.25, 0.3) is 5.91 Å². The molecule has 0 unspecified atom stereocenters. The van der Waals surface area contributed by atoms with Gasteiger partial charge in [-0.2, -0.15) is 4.39 Å². The molecule has 0 saturated carbocycles. The first kappa shape index (κ1) is 13.1. The van der Waals surface area contributed by atoms with Crippen molar-refractivity contribution in [3.63, 3.8) is 0 Å². The van der Waals surface area contributed by atoms with Crippen molar-refractivity contribution in [2.75, 3.05) is 13.1 Å². The molecule has 0 aromatic heterocycles. The summed E-state index contributed by atoms with van der Waals surface area (Å²) in [7, 11) is 0. The first-order valence-corrected chi connectivity index (χ1v) is 5.58. The summed E-state index contributed by atoms with van der Waals surface area (Å²) in [6.45, 7) is 0.654. The minimum atomic E-state index is -1.30. The summed E-state index contributed by atoms with van der Waals surface area (Å²) >= 11 is 0. The highest BCUT2D eigenvalue weighted by molar-refractivity contribution is 5.95. The van der Waals surface area contributed by atoms with Gasteiger partial charge in [-0.1, -0.05) is 12.2 Å². The Bertz CT molecular complexity index is 572. The monoisotopic (exact) mass is 268 g/mol. The molecule has 0 bridgehead atoms. The third-order valence-electron chi connectivity index (χ3n) is 2.79. The second kappa shape index (κ2) is 5.13. The number of carbonyl (C=O) groups is 1. The summed E-state index contributed by atoms with van der Waals surface area (Å²) in [5, 5.41) is 10.6. The van der Waals surface area contributed by atoms with Crippen molar-refractivity contribution in [1.82, 2.24) is 4.90 Å². The molecular weight excluding hydrogens is 258 g/mol. The number of nitro groups is 1. The molecular formula is C12H10F2N2O3. The smallest absolute Gasteiger partial charge is 0.308 e. The lowest BCUT2D eigenvalue weighted by Crippen LogP contribution is -2.34. The van der Waals surface area contributed by atoms with Crippen LogP contribution in [-0.2, 0) is 0 Å². The zero-order valence-electron chi connectivity index (χ0n) is 9.81. The fourth-order valence-corrected chi connectivity index (χ4v) is 1.86. The lowest BCUT2D eigenvalue weighted by molar-refractivity contribution is -0.387. The van der Waals surface area contributed by atoms with Crippen LogP contribution in [0, 0.1) is 21.7 Å². The normalized spacial score (nSPS) is 14.5. The second-order valence-corrected chi connectivity index (χ2v) is 4.05. The molecule has 7 heteroatoms. The van der Waals surface area contributed by atoms with E-state index in [4.69, 9.17) is 0 Å². The van der Waals surface area contributed by atoms with Gasteiger partial charge < -0.3 is 4.90 Å². The van der Waals surface area contributed by atoms with Gasteiger partial charge in [0.05, 0.1) is 16.6 Å². The summed E-state index contributed by atoms with van der Waals surface area (Å²) in [4.78, 5) is 22.9. The van der Waals surface area contributed by atoms with E-state index in [2.05, 4.69) is 0 Å². The van der Waals surface area contributed by atoms with E-state index in [1.54, 1.807) is 6.08 Å². The predicted molar refractivity (Wildman–Crippen MR) is 62.7 cm³/mol. The van der Waals surface area contributed by atoms with Gasteiger partial charge in [0.1, 0.15) is 5.82 Å². The molecule has 5 nitrogen and oxygen atoms in total. The Morgan fingerprint density at radius 1 is 1.32 bits per heavy atom. The maximum atomic E-state index is 13.8. The molecule has 1 aromatic carbocycles. The molecule has 0 spiro atoms. The van der Waals surface area contributed by atoms with Crippen LogP contribution in [0.25, 0.3) is 0 Å². The van der Waals surface area contributed by atoms with Crippen LogP contribution < -0.4 is 0 Å². The van der Waals surface area contributed by atoms with E-state index in [9.17, 15) is 23.7 Å². The topological polar surface area (TPSA) is 63.4 Å². The van der Waals surface area contributed by atoms with Gasteiger partial charge >= 0.3 is 5.69 Å². The summed E-state index contributed by atoms with van der Waals surface area (Å²) in [5.74, 6) is -3.06. The highest BCUT2D eigenvalue weighted by Crippen LogP contribution is 2.24. The number of nitrogens with zero attached hydrogens (tertiary/aromatic N) is 2. The predicted octanol–water partition coefficient (Wildman–Crippen LogP) is 2.28. The Labute approximate surface area is 107 Å². The van der Waals surface area contributed by atoms with Gasteiger partial charge in [-0.15, -0.1) is 0 Å². The van der Waals surface area contributed by atoms with Crippen LogP contribution in [0.3, 0.4) is 0 Å². The van der Waals surface area contributed by atoms with Crippen molar-refractivity contribution in [2.45, 2.75) is 6.42 Å². The minimum absolute atomic E-state index is 0.280. The van der Waals surface area contributed by atoms with E-state index in [0.717, 1.165) is 0 Å². The average Bonchev–Trinajstić information content (AvgIpc) is 2.41. The summed E-state index contributed by atoms with van der Waals surface area (Å²) in [6.07, 6.45) is 4.21. The van der Waals surface area contributed by atoms with Gasteiger partial charge in [-0.05, 0) is 12.5 Å². The maximum Gasteiger partial charge on any atom is 0.308 e. The quantitative estimate of drug-likeness (QED) is 0.469. The van der Waals surface area contributed by atoms with E-state index in [1.165, 1.54) is 4.90 Å². The third-order valence-corrected chi connectivity index (χ3v) is 2.79. The van der Waals surface area contributed by atoms with E-state index >= 15 is 0 Å². The zero-order valence-corrected chi connectivity index (χ0v) is 9.81. The Morgan fingerprint density at radius 2 is 2.05 bits per heavy atom. The van der Waals surface area contributed by atoms with Crippen LogP contribution in [-0.4, -0.2) is 28.8 Å². The molecule has 1 aliphatic heterocycles. The molecule has 100 valence electrons. The van der Waals surface area contributed by atoms with Gasteiger partial charge in [0, 0.05) is 13.1 Å². The van der Waals surface area contributed by atoms with Crippen molar-refractivity contribution in [3.8, 4) is 0 Å². The van der Waals surface area contributed by atoms with Gasteiger partial charge in [-0.3, -0.25) is 14.9 Å². The number of carbonyl (C=O) groups excluding carboxylic acids is 1. The molecule has 0 fully saturated rings. The minimum Gasteiger partial charge on any atom is -0.335 e. The SMILES string of the molecule is O=C(c1cc(F)cc([N+](=O)[O-])c1F)N1CC=CCC1. The fourth-order valence-electron chi connectivity index (χ4n) is 1.86. The van der Waals surface area contributed by atoms with Crippen molar-refractivity contribution in [3.05, 3.63) is 51.6 Å². The van der Waals surface area contributed by atoms with Crippen LogP contribution in [0.1, 0.15) is 16.8 Å². The molecule has 1 aromatic rings. The van der Waals surface area contributed by atoms with E-state index < -0.39 is 33.7 Å². The van der Waals surface area contributed by atoms with Gasteiger partial charge in [0.2, 0.25) is 5.82 Å². The maximum absolute atomic E-state index is 13.8. The molecule has 19 heavy (non-hydrogen) atoms. The number of rotatable bonds is 2. The number of halogens is 2. The highest BCUT2D eigenvalue weighted by Gasteiger charge is 2.27. The molecule has 0 aliphatic carbocycles. The molecule has 1 amide bonds. The Morgan fingerprint density at radius 3 is 2.63 bits per heavy atom. The number of nitro benzene ring substituents is 1. The molecule has 1 aliphatic rings. The number of amides is 1. The van der Waals surface area contributed by atoms with Crippen molar-refractivity contribution >= 4 is 11.6 Å². The number of hydrogen-bond donors (Lipinski definition) is 0. The number of hydrogen-bond acceptors (Lipinski definition) is 3. The van der Waals surface area contributed by atoms with E-state index in [0.29, 0.717) is 25.1 Å². The largest absolute Gasteiger partial charge is 0.335 e. The van der Waals surface area contributed by atoms with Crippen LogP contribution in [0.15, 0.2) is 24.3 Å². The first-order chi connectivity index (χ1) is 9.00. The standard InChI is InChI=1S/C12H10F2N2O3/c13-8-6-9(11(14)10(7-8)16(18)19)12(17)15-4-2-1-3-5-15/h1-2,6-7H,3-5H2. The van der Waals surface area contributed by atoms with Crippen molar-refractivity contribution in [2.24, 2.45) is 0 Å². The zero-order chi connectivity index (χ0) is 14.0. The molecule has 0 saturated heterocycles. The van der Waals surface area contributed by atoms with Gasteiger partial charge in [0.15, 0.2) is 0 Å². The molecule has 0 atom stereocenters. The molecule has 0 radical (unpaired) electrons. The van der Waals surface area contributed by atoms with Crippen LogP contribution in [0.5, 0.6) is 0 Å². The van der Waals surface area contributed by atoms with Crippen LogP contribution >= 0.6 is 0 Å². The van der Waals surface area contributed by atoms with E-state index in [-0.39, 0.29) is 6.54 Å². The summed E-state index contributed by atoms with van der Waals surface area (Å²) in [5.41, 5.74) is -1.64. The fraction of sp³-hybridized carbons (Fsp3) is 0.250. The summed E-state index contributed by atoms with van der Waals surface area (Å²) in [6, 6.07) is 1.14. The molecule has 1 heterocycles. The highest BCUT2D eigenvalue weighted by atomic mass is 19.1. The first-order valence-electron chi connectivity index (χ1n) is 5.58. The molecule has 0 N–H and O–H groups in total. The van der Waals surface area contributed by atoms with Crippen molar-refractivity contribution in [1.29, 1.82) is 0 Å². The van der Waals surface area contributed by atoms with Gasteiger partial charge in [-0.25, -0.2) is 4.39 Å². The van der Waals surface area contributed by atoms with Crippen LogP contribution in [0.2, 0.25) is 0 Å². The Balaban J connectivity index is 2.41. The Hall–Kier alpha value is -2.31. The van der Waals surface area contributed by atoms with Crippen molar-refractivity contribution < 1.29 is 18.5 Å². The summed E-state index contributed by atoms with van der Waals surface area (Å²) < 4.78 is 27.1.